The highest BCUT2D eigenvalue weighted by Crippen LogP contribution is 2.07. The third-order valence-corrected chi connectivity index (χ3v) is 2.70. The van der Waals surface area contributed by atoms with E-state index in [-0.39, 0.29) is 5.56 Å². The van der Waals surface area contributed by atoms with Gasteiger partial charge in [0.1, 0.15) is 11.6 Å². The molecule has 0 fully saturated rings. The number of benzene rings is 2. The lowest BCUT2D eigenvalue weighted by Crippen LogP contribution is -2.19. The molecule has 0 radical (unpaired) electrons. The van der Waals surface area contributed by atoms with Gasteiger partial charge in [-0.1, -0.05) is 18.2 Å². The Hall–Kier alpha value is -2.56. The van der Waals surface area contributed by atoms with E-state index < -0.39 is 17.5 Å². The standard InChI is InChI=1S/C15H12F2N2O/c1-10(13-4-2-3-5-14(13)17)18-19-15(20)11-6-8-12(16)9-7-11/h2-9H,1H3,(H,19,20)/b18-10-. The number of nitrogens with one attached hydrogen (secondary N) is 1. The monoisotopic (exact) mass is 274 g/mol. The van der Waals surface area contributed by atoms with Crippen LogP contribution in [-0.2, 0) is 0 Å². The lowest BCUT2D eigenvalue weighted by atomic mass is 10.1. The molecule has 0 aliphatic rings. The van der Waals surface area contributed by atoms with Crippen molar-refractivity contribution < 1.29 is 13.6 Å². The van der Waals surface area contributed by atoms with Crippen LogP contribution >= 0.6 is 0 Å². The summed E-state index contributed by atoms with van der Waals surface area (Å²) in [5, 5.41) is 3.84. The highest BCUT2D eigenvalue weighted by Gasteiger charge is 2.07. The number of rotatable bonds is 3. The second-order valence-electron chi connectivity index (χ2n) is 4.12. The lowest BCUT2D eigenvalue weighted by molar-refractivity contribution is 0.0955. The quantitative estimate of drug-likeness (QED) is 0.678. The number of hydrogen-bond donors (Lipinski definition) is 1. The van der Waals surface area contributed by atoms with Gasteiger partial charge in [0.2, 0.25) is 0 Å². The number of hydrogen-bond acceptors (Lipinski definition) is 2. The minimum Gasteiger partial charge on any atom is -0.267 e. The zero-order chi connectivity index (χ0) is 14.5. The number of halogens is 2. The predicted molar refractivity (Wildman–Crippen MR) is 72.5 cm³/mol. The summed E-state index contributed by atoms with van der Waals surface area (Å²) in [4.78, 5) is 11.7. The van der Waals surface area contributed by atoms with E-state index in [2.05, 4.69) is 10.5 Å². The molecular formula is C15H12F2N2O. The van der Waals surface area contributed by atoms with Gasteiger partial charge >= 0.3 is 0 Å². The van der Waals surface area contributed by atoms with Crippen LogP contribution in [0.3, 0.4) is 0 Å². The highest BCUT2D eigenvalue weighted by molar-refractivity contribution is 6.01. The molecule has 0 spiro atoms. The van der Waals surface area contributed by atoms with Crippen LogP contribution in [0.5, 0.6) is 0 Å². The summed E-state index contributed by atoms with van der Waals surface area (Å²) < 4.78 is 26.2. The molecule has 102 valence electrons. The van der Waals surface area contributed by atoms with E-state index in [1.165, 1.54) is 30.3 Å². The molecular weight excluding hydrogens is 262 g/mol. The molecule has 5 heteroatoms. The first-order valence-corrected chi connectivity index (χ1v) is 5.93. The van der Waals surface area contributed by atoms with Gasteiger partial charge in [-0.3, -0.25) is 4.79 Å². The minimum absolute atomic E-state index is 0.275. The Balaban J connectivity index is 2.11. The largest absolute Gasteiger partial charge is 0.271 e. The average molecular weight is 274 g/mol. The van der Waals surface area contributed by atoms with E-state index in [4.69, 9.17) is 0 Å². The average Bonchev–Trinajstić information content (AvgIpc) is 2.45. The van der Waals surface area contributed by atoms with Crippen molar-refractivity contribution in [2.24, 2.45) is 5.10 Å². The number of carbonyl (C=O) groups excluding carboxylic acids is 1. The van der Waals surface area contributed by atoms with Gasteiger partial charge in [0.05, 0.1) is 5.71 Å². The van der Waals surface area contributed by atoms with Crippen LogP contribution in [-0.4, -0.2) is 11.6 Å². The van der Waals surface area contributed by atoms with Crippen molar-refractivity contribution in [3.8, 4) is 0 Å². The van der Waals surface area contributed by atoms with Crippen molar-refractivity contribution in [2.75, 3.05) is 0 Å². The van der Waals surface area contributed by atoms with Crippen LogP contribution in [0.25, 0.3) is 0 Å². The first-order valence-electron chi connectivity index (χ1n) is 5.93. The van der Waals surface area contributed by atoms with E-state index in [0.717, 1.165) is 0 Å². The second kappa shape index (κ2) is 6.06. The van der Waals surface area contributed by atoms with E-state index >= 15 is 0 Å². The van der Waals surface area contributed by atoms with Crippen molar-refractivity contribution in [1.82, 2.24) is 5.43 Å². The Bertz CT molecular complexity index is 651. The molecule has 0 aliphatic carbocycles. The van der Waals surface area contributed by atoms with Gasteiger partial charge in [-0.2, -0.15) is 5.10 Å². The van der Waals surface area contributed by atoms with Crippen LogP contribution in [0.2, 0.25) is 0 Å². The maximum atomic E-state index is 13.5. The molecule has 20 heavy (non-hydrogen) atoms. The smallest absolute Gasteiger partial charge is 0.267 e. The van der Waals surface area contributed by atoms with Gasteiger partial charge in [0.15, 0.2) is 0 Å². The maximum absolute atomic E-state index is 13.5. The molecule has 0 heterocycles. The van der Waals surface area contributed by atoms with Gasteiger partial charge in [-0.25, -0.2) is 14.2 Å². The fourth-order valence-electron chi connectivity index (χ4n) is 1.62. The van der Waals surface area contributed by atoms with Crippen molar-refractivity contribution in [3.63, 3.8) is 0 Å². The fourth-order valence-corrected chi connectivity index (χ4v) is 1.62. The summed E-state index contributed by atoms with van der Waals surface area (Å²) in [6.07, 6.45) is 0. The predicted octanol–water partition coefficient (Wildman–Crippen LogP) is 3.12. The third-order valence-electron chi connectivity index (χ3n) is 2.70. The normalized spacial score (nSPS) is 11.2. The number of amides is 1. The first kappa shape index (κ1) is 13.9. The van der Waals surface area contributed by atoms with Crippen LogP contribution in [0.1, 0.15) is 22.8 Å². The van der Waals surface area contributed by atoms with Gasteiger partial charge in [0, 0.05) is 11.1 Å². The maximum Gasteiger partial charge on any atom is 0.271 e. The Morgan fingerprint density at radius 3 is 2.35 bits per heavy atom. The van der Waals surface area contributed by atoms with Crippen molar-refractivity contribution in [2.45, 2.75) is 6.92 Å². The molecule has 0 bridgehead atoms. The number of hydrazone groups is 1. The minimum atomic E-state index is -0.485. The van der Waals surface area contributed by atoms with Gasteiger partial charge in [-0.05, 0) is 37.3 Å². The third kappa shape index (κ3) is 3.26. The number of nitrogens with zero attached hydrogens (tertiary/aromatic N) is 1. The summed E-state index contributed by atoms with van der Waals surface area (Å²) in [5.41, 5.74) is 3.24. The molecule has 0 aliphatic heterocycles. The molecule has 2 aromatic carbocycles. The fraction of sp³-hybridized carbons (Fsp3) is 0.0667. The van der Waals surface area contributed by atoms with Gasteiger partial charge in [0.25, 0.3) is 5.91 Å². The van der Waals surface area contributed by atoms with Gasteiger partial charge in [-0.15, -0.1) is 0 Å². The summed E-state index contributed by atoms with van der Waals surface area (Å²) in [6.45, 7) is 1.59. The van der Waals surface area contributed by atoms with E-state index in [1.54, 1.807) is 25.1 Å². The summed E-state index contributed by atoms with van der Waals surface area (Å²) >= 11 is 0. The summed E-state index contributed by atoms with van der Waals surface area (Å²) in [7, 11) is 0. The molecule has 2 aromatic rings. The molecule has 0 aromatic heterocycles. The Kier molecular flexibility index (Phi) is 4.20. The van der Waals surface area contributed by atoms with Crippen molar-refractivity contribution in [3.05, 3.63) is 71.3 Å². The summed E-state index contributed by atoms with van der Waals surface area (Å²) in [5.74, 6) is -1.32. The molecule has 0 saturated carbocycles. The Morgan fingerprint density at radius 2 is 1.70 bits per heavy atom. The van der Waals surface area contributed by atoms with E-state index in [9.17, 15) is 13.6 Å². The second-order valence-corrected chi connectivity index (χ2v) is 4.12. The Morgan fingerprint density at radius 1 is 1.05 bits per heavy atom. The topological polar surface area (TPSA) is 41.5 Å². The van der Waals surface area contributed by atoms with Crippen LogP contribution in [0.4, 0.5) is 8.78 Å². The molecule has 1 N–H and O–H groups in total. The zero-order valence-corrected chi connectivity index (χ0v) is 10.7. The molecule has 0 atom stereocenters. The van der Waals surface area contributed by atoms with Gasteiger partial charge < -0.3 is 0 Å². The molecule has 2 rings (SSSR count). The molecule has 3 nitrogen and oxygen atoms in total. The summed E-state index contributed by atoms with van der Waals surface area (Å²) in [6, 6.07) is 11.2. The van der Waals surface area contributed by atoms with Crippen molar-refractivity contribution in [1.29, 1.82) is 0 Å². The first-order chi connectivity index (χ1) is 9.58. The molecule has 1 amide bonds. The molecule has 0 unspecified atom stereocenters. The lowest BCUT2D eigenvalue weighted by Gasteiger charge is -2.04. The Labute approximate surface area is 114 Å². The van der Waals surface area contributed by atoms with E-state index in [1.807, 2.05) is 0 Å². The molecule has 0 saturated heterocycles. The van der Waals surface area contributed by atoms with Crippen LogP contribution < -0.4 is 5.43 Å². The zero-order valence-electron chi connectivity index (χ0n) is 10.7. The SMILES string of the molecule is C/C(=N/NC(=O)c1ccc(F)cc1)c1ccccc1F. The van der Waals surface area contributed by atoms with Crippen molar-refractivity contribution >= 4 is 11.6 Å². The van der Waals surface area contributed by atoms with Crippen LogP contribution in [0.15, 0.2) is 53.6 Å². The van der Waals surface area contributed by atoms with E-state index in [0.29, 0.717) is 11.3 Å². The van der Waals surface area contributed by atoms with Crippen LogP contribution in [0, 0.1) is 11.6 Å². The highest BCUT2D eigenvalue weighted by atomic mass is 19.1. The number of carbonyl (C=O) groups is 1.